The van der Waals surface area contributed by atoms with Crippen LogP contribution in [0, 0.1) is 11.2 Å². The van der Waals surface area contributed by atoms with Crippen LogP contribution in [-0.2, 0) is 4.74 Å². The lowest BCUT2D eigenvalue weighted by Crippen LogP contribution is -2.05. The summed E-state index contributed by atoms with van der Waals surface area (Å²) >= 11 is 0. The van der Waals surface area contributed by atoms with E-state index in [0.29, 0.717) is 19.0 Å². The Bertz CT molecular complexity index is 419. The molecular weight excluding hydrogens is 223 g/mol. The molecule has 92 valence electrons. The number of nitrogens with one attached hydrogen (secondary N) is 1. The Morgan fingerprint density at radius 1 is 1.47 bits per heavy atom. The van der Waals surface area contributed by atoms with E-state index in [2.05, 4.69) is 0 Å². The molecule has 0 heterocycles. The third-order valence-electron chi connectivity index (χ3n) is 2.07. The van der Waals surface area contributed by atoms with Gasteiger partial charge in [-0.3, -0.25) is 0 Å². The standard InChI is InChI=1S/C12H15FN2O2/c1-16-6-7-17-9-2-3-10(11(13)8-9)12(15)4-5-14/h2-5,8,14H,6-7,15H2,1H3. The normalized spacial score (nSPS) is 11.3. The van der Waals surface area contributed by atoms with Gasteiger partial charge in [-0.2, -0.15) is 0 Å². The van der Waals surface area contributed by atoms with Crippen LogP contribution >= 0.6 is 0 Å². The van der Waals surface area contributed by atoms with Gasteiger partial charge in [0.25, 0.3) is 0 Å². The minimum Gasteiger partial charge on any atom is -0.491 e. The molecule has 0 radical (unpaired) electrons. The Balaban J connectivity index is 2.79. The van der Waals surface area contributed by atoms with E-state index < -0.39 is 5.82 Å². The van der Waals surface area contributed by atoms with Gasteiger partial charge in [0.15, 0.2) is 0 Å². The van der Waals surface area contributed by atoms with E-state index in [4.69, 9.17) is 20.6 Å². The molecule has 0 aliphatic heterocycles. The van der Waals surface area contributed by atoms with Gasteiger partial charge in [-0.1, -0.05) is 0 Å². The van der Waals surface area contributed by atoms with Crippen molar-refractivity contribution in [2.75, 3.05) is 20.3 Å². The second-order valence-electron chi connectivity index (χ2n) is 3.27. The minimum absolute atomic E-state index is 0.209. The fourth-order valence-electron chi connectivity index (χ4n) is 1.24. The monoisotopic (exact) mass is 238 g/mol. The molecule has 1 aromatic rings. The molecule has 0 saturated carbocycles. The first-order chi connectivity index (χ1) is 8.19. The third-order valence-corrected chi connectivity index (χ3v) is 2.07. The van der Waals surface area contributed by atoms with Crippen molar-refractivity contribution in [3.8, 4) is 5.75 Å². The highest BCUT2D eigenvalue weighted by Gasteiger charge is 2.06. The lowest BCUT2D eigenvalue weighted by Gasteiger charge is -2.08. The van der Waals surface area contributed by atoms with Crippen LogP contribution < -0.4 is 10.5 Å². The van der Waals surface area contributed by atoms with E-state index in [-0.39, 0.29) is 11.3 Å². The van der Waals surface area contributed by atoms with Gasteiger partial charge in [0, 0.05) is 30.7 Å². The Hall–Kier alpha value is -1.88. The van der Waals surface area contributed by atoms with Crippen molar-refractivity contribution in [3.05, 3.63) is 35.7 Å². The van der Waals surface area contributed by atoms with Crippen molar-refractivity contribution in [1.82, 2.24) is 0 Å². The molecule has 0 aliphatic carbocycles. The average Bonchev–Trinajstić information content (AvgIpc) is 2.29. The van der Waals surface area contributed by atoms with Crippen molar-refractivity contribution in [3.63, 3.8) is 0 Å². The van der Waals surface area contributed by atoms with Gasteiger partial charge >= 0.3 is 0 Å². The molecule has 0 atom stereocenters. The van der Waals surface area contributed by atoms with Gasteiger partial charge in [0.1, 0.15) is 18.2 Å². The minimum atomic E-state index is -0.476. The number of ether oxygens (including phenoxy) is 2. The first-order valence-electron chi connectivity index (χ1n) is 5.07. The summed E-state index contributed by atoms with van der Waals surface area (Å²) in [7, 11) is 1.57. The molecule has 0 amide bonds. The lowest BCUT2D eigenvalue weighted by molar-refractivity contribution is 0.146. The topological polar surface area (TPSA) is 68.3 Å². The molecule has 4 nitrogen and oxygen atoms in total. The summed E-state index contributed by atoms with van der Waals surface area (Å²) < 4.78 is 23.7. The molecule has 0 unspecified atom stereocenters. The van der Waals surface area contributed by atoms with Crippen LogP contribution in [0.15, 0.2) is 24.3 Å². The summed E-state index contributed by atoms with van der Waals surface area (Å²) in [5.41, 5.74) is 6.05. The number of nitrogens with two attached hydrogens (primary N) is 1. The Morgan fingerprint density at radius 2 is 2.24 bits per heavy atom. The molecule has 0 bridgehead atoms. The highest BCUT2D eigenvalue weighted by atomic mass is 19.1. The van der Waals surface area contributed by atoms with E-state index in [1.54, 1.807) is 13.2 Å². The predicted molar refractivity (Wildman–Crippen MR) is 64.7 cm³/mol. The number of hydrogen-bond acceptors (Lipinski definition) is 4. The molecule has 1 aromatic carbocycles. The third kappa shape index (κ3) is 3.88. The smallest absolute Gasteiger partial charge is 0.136 e. The molecule has 0 aliphatic rings. The fraction of sp³-hybridized carbons (Fsp3) is 0.250. The van der Waals surface area contributed by atoms with Crippen LogP contribution in [0.1, 0.15) is 5.56 Å². The molecule has 0 saturated heterocycles. The van der Waals surface area contributed by atoms with Crippen molar-refractivity contribution in [2.45, 2.75) is 0 Å². The number of allylic oxidation sites excluding steroid dienone is 1. The molecule has 0 spiro atoms. The quantitative estimate of drug-likeness (QED) is 0.586. The molecule has 3 N–H and O–H groups in total. The summed E-state index contributed by atoms with van der Waals surface area (Å²) in [5, 5.41) is 6.86. The van der Waals surface area contributed by atoms with Crippen LogP contribution in [0.3, 0.4) is 0 Å². The summed E-state index contributed by atoms with van der Waals surface area (Å²) in [6.07, 6.45) is 2.33. The number of benzene rings is 1. The maximum Gasteiger partial charge on any atom is 0.136 e. The molecule has 0 aromatic heterocycles. The van der Waals surface area contributed by atoms with Crippen LogP contribution in [0.5, 0.6) is 5.75 Å². The number of methoxy groups -OCH3 is 1. The zero-order chi connectivity index (χ0) is 12.7. The van der Waals surface area contributed by atoms with E-state index >= 15 is 0 Å². The first kappa shape index (κ1) is 13.2. The van der Waals surface area contributed by atoms with Gasteiger partial charge in [-0.25, -0.2) is 4.39 Å². The summed E-state index contributed by atoms with van der Waals surface area (Å²) in [6, 6.07) is 4.40. The summed E-state index contributed by atoms with van der Waals surface area (Å²) in [4.78, 5) is 0. The van der Waals surface area contributed by atoms with E-state index in [0.717, 1.165) is 6.21 Å². The SMILES string of the molecule is COCCOc1ccc(C(N)=CC=N)c(F)c1. The van der Waals surface area contributed by atoms with Gasteiger partial charge in [0.05, 0.1) is 6.61 Å². The number of halogens is 1. The van der Waals surface area contributed by atoms with Crippen LogP contribution in [0.25, 0.3) is 5.70 Å². The van der Waals surface area contributed by atoms with Gasteiger partial charge < -0.3 is 20.6 Å². The summed E-state index contributed by atoms with van der Waals surface area (Å²) in [6.45, 7) is 0.806. The zero-order valence-corrected chi connectivity index (χ0v) is 9.57. The first-order valence-corrected chi connectivity index (χ1v) is 5.07. The average molecular weight is 238 g/mol. The van der Waals surface area contributed by atoms with Crippen LogP contribution in [0.2, 0.25) is 0 Å². The Morgan fingerprint density at radius 3 is 2.82 bits per heavy atom. The maximum absolute atomic E-state index is 13.6. The van der Waals surface area contributed by atoms with Gasteiger partial charge in [-0.05, 0) is 18.2 Å². The predicted octanol–water partition coefficient (Wildman–Crippen LogP) is 1.80. The second-order valence-corrected chi connectivity index (χ2v) is 3.27. The van der Waals surface area contributed by atoms with Crippen LogP contribution in [-0.4, -0.2) is 26.5 Å². The van der Waals surface area contributed by atoms with Crippen LogP contribution in [0.4, 0.5) is 4.39 Å². The maximum atomic E-state index is 13.6. The molecule has 0 fully saturated rings. The second kappa shape index (κ2) is 6.65. The van der Waals surface area contributed by atoms with Crippen molar-refractivity contribution in [2.24, 2.45) is 5.73 Å². The molecule has 5 heteroatoms. The zero-order valence-electron chi connectivity index (χ0n) is 9.57. The van der Waals surface area contributed by atoms with Crippen molar-refractivity contribution < 1.29 is 13.9 Å². The molecule has 1 rings (SSSR count). The highest BCUT2D eigenvalue weighted by Crippen LogP contribution is 2.20. The Labute approximate surface area is 99.3 Å². The van der Waals surface area contributed by atoms with Crippen molar-refractivity contribution >= 4 is 11.9 Å². The highest BCUT2D eigenvalue weighted by molar-refractivity contribution is 5.81. The van der Waals surface area contributed by atoms with E-state index in [1.165, 1.54) is 18.2 Å². The Kier molecular flexibility index (Phi) is 5.16. The molecular formula is C12H15FN2O2. The lowest BCUT2D eigenvalue weighted by atomic mass is 10.1. The van der Waals surface area contributed by atoms with E-state index in [1.807, 2.05) is 0 Å². The number of hydrogen-bond donors (Lipinski definition) is 2. The van der Waals surface area contributed by atoms with Gasteiger partial charge in [0.2, 0.25) is 0 Å². The van der Waals surface area contributed by atoms with Crippen molar-refractivity contribution in [1.29, 1.82) is 5.41 Å². The summed E-state index contributed by atoms with van der Waals surface area (Å²) in [5.74, 6) is -0.0542. The van der Waals surface area contributed by atoms with E-state index in [9.17, 15) is 4.39 Å². The fourth-order valence-corrected chi connectivity index (χ4v) is 1.24. The largest absolute Gasteiger partial charge is 0.491 e. The molecule has 17 heavy (non-hydrogen) atoms. The van der Waals surface area contributed by atoms with Gasteiger partial charge in [-0.15, -0.1) is 0 Å². The number of rotatable bonds is 6.